The van der Waals surface area contributed by atoms with Gasteiger partial charge in [-0.15, -0.1) is 11.3 Å². The molecular formula is C20H25N5OS. The maximum atomic E-state index is 11.4. The first kappa shape index (κ1) is 18.0. The van der Waals surface area contributed by atoms with E-state index in [4.69, 9.17) is 4.99 Å². The Kier molecular flexibility index (Phi) is 4.88. The van der Waals surface area contributed by atoms with E-state index in [9.17, 15) is 4.79 Å². The van der Waals surface area contributed by atoms with Gasteiger partial charge in [0.15, 0.2) is 0 Å². The van der Waals surface area contributed by atoms with Crippen molar-refractivity contribution in [2.24, 2.45) is 4.99 Å². The fourth-order valence-electron chi connectivity index (χ4n) is 3.61. The van der Waals surface area contributed by atoms with Crippen LogP contribution in [0.5, 0.6) is 0 Å². The number of rotatable bonds is 2. The summed E-state index contributed by atoms with van der Waals surface area (Å²) in [6, 6.07) is 10.7. The molecule has 7 heteroatoms. The lowest BCUT2D eigenvalue weighted by Crippen LogP contribution is -2.56. The van der Waals surface area contributed by atoms with Crippen molar-refractivity contribution in [3.05, 3.63) is 40.8 Å². The van der Waals surface area contributed by atoms with Gasteiger partial charge in [-0.05, 0) is 32.2 Å². The molecule has 2 N–H and O–H groups in total. The number of aryl methyl sites for hydroxylation is 1. The number of carbonyl (C=O) groups is 1. The average Bonchev–Trinajstić information content (AvgIpc) is 2.93. The molecule has 1 unspecified atom stereocenters. The summed E-state index contributed by atoms with van der Waals surface area (Å²) in [5.74, 6) is 1.04. The molecule has 3 heterocycles. The number of fused-ring (bicyclic) bond motifs is 2. The van der Waals surface area contributed by atoms with Gasteiger partial charge in [0.1, 0.15) is 10.8 Å². The third-order valence-corrected chi connectivity index (χ3v) is 6.10. The number of amidine groups is 1. The van der Waals surface area contributed by atoms with E-state index in [-0.39, 0.29) is 11.9 Å². The lowest BCUT2D eigenvalue weighted by atomic mass is 10.1. The van der Waals surface area contributed by atoms with Crippen LogP contribution in [0.2, 0.25) is 0 Å². The molecule has 1 aromatic carbocycles. The van der Waals surface area contributed by atoms with E-state index in [0.717, 1.165) is 47.4 Å². The van der Waals surface area contributed by atoms with Crippen LogP contribution in [-0.2, 0) is 4.79 Å². The first-order valence-electron chi connectivity index (χ1n) is 9.26. The van der Waals surface area contributed by atoms with Crippen LogP contribution in [0.4, 0.5) is 16.4 Å². The van der Waals surface area contributed by atoms with Crippen molar-refractivity contribution in [3.63, 3.8) is 0 Å². The van der Waals surface area contributed by atoms with Crippen molar-refractivity contribution in [3.8, 4) is 0 Å². The number of nitrogens with zero attached hydrogens (tertiary/aromatic N) is 3. The normalized spacial score (nSPS) is 19.4. The second kappa shape index (κ2) is 7.32. The summed E-state index contributed by atoms with van der Waals surface area (Å²) < 4.78 is 0. The second-order valence-corrected chi connectivity index (χ2v) is 8.45. The second-order valence-electron chi connectivity index (χ2n) is 7.19. The summed E-state index contributed by atoms with van der Waals surface area (Å²) in [6.45, 7) is 7.05. The molecule has 0 radical (unpaired) electrons. The van der Waals surface area contributed by atoms with Gasteiger partial charge in [-0.2, -0.15) is 0 Å². The molecule has 27 heavy (non-hydrogen) atoms. The standard InChI is InChI=1S/C20H25N5OS/c1-13-10-16-19(22-17-6-4-5-7-18(17)23-20(16)27-13)25-9-8-24(3)15(12-25)11-21-14(2)26/h4-7,10,15,23H,8-9,11-12H2,1-3H3,(H,21,26). The molecule has 0 saturated carbocycles. The number of anilines is 2. The number of hydrogen-bond acceptors (Lipinski definition) is 6. The highest BCUT2D eigenvalue weighted by atomic mass is 32.1. The highest BCUT2D eigenvalue weighted by molar-refractivity contribution is 7.16. The molecule has 142 valence electrons. The number of aliphatic imine (C=N–C) groups is 1. The molecule has 6 nitrogen and oxygen atoms in total. The number of likely N-dealkylation sites (N-methyl/N-ethyl adjacent to an activating group) is 1. The lowest BCUT2D eigenvalue weighted by molar-refractivity contribution is -0.119. The molecule has 0 spiro atoms. The first-order valence-corrected chi connectivity index (χ1v) is 10.1. The molecule has 2 aliphatic heterocycles. The van der Waals surface area contributed by atoms with Gasteiger partial charge in [0, 0.05) is 44.0 Å². The molecule has 1 aromatic heterocycles. The van der Waals surface area contributed by atoms with Crippen LogP contribution in [0, 0.1) is 6.92 Å². The van der Waals surface area contributed by atoms with Gasteiger partial charge < -0.3 is 15.5 Å². The molecule has 4 rings (SSSR count). The number of amides is 1. The maximum absolute atomic E-state index is 11.4. The summed E-state index contributed by atoms with van der Waals surface area (Å²) in [6.07, 6.45) is 0. The molecule has 1 atom stereocenters. The van der Waals surface area contributed by atoms with Crippen LogP contribution < -0.4 is 10.6 Å². The van der Waals surface area contributed by atoms with Crippen molar-refractivity contribution >= 4 is 39.5 Å². The number of piperazine rings is 1. The van der Waals surface area contributed by atoms with E-state index in [1.807, 2.05) is 12.1 Å². The van der Waals surface area contributed by atoms with Crippen LogP contribution in [0.25, 0.3) is 0 Å². The molecule has 1 fully saturated rings. The average molecular weight is 384 g/mol. The summed E-state index contributed by atoms with van der Waals surface area (Å²) in [5.41, 5.74) is 3.17. The minimum atomic E-state index is 0.0150. The smallest absolute Gasteiger partial charge is 0.216 e. The predicted octanol–water partition coefficient (Wildman–Crippen LogP) is 2.94. The Hall–Kier alpha value is -2.38. The topological polar surface area (TPSA) is 60.0 Å². The number of hydrogen-bond donors (Lipinski definition) is 2. The van der Waals surface area contributed by atoms with E-state index in [1.54, 1.807) is 18.3 Å². The fraction of sp³-hybridized carbons (Fsp3) is 0.400. The molecule has 2 aromatic rings. The van der Waals surface area contributed by atoms with E-state index in [0.29, 0.717) is 6.54 Å². The molecule has 1 amide bonds. The van der Waals surface area contributed by atoms with Crippen LogP contribution in [0.15, 0.2) is 35.3 Å². The zero-order valence-corrected chi connectivity index (χ0v) is 16.8. The van der Waals surface area contributed by atoms with Crippen LogP contribution in [0.3, 0.4) is 0 Å². The van der Waals surface area contributed by atoms with Crippen molar-refractivity contribution in [1.82, 2.24) is 15.1 Å². The Labute approximate surface area is 163 Å². The quantitative estimate of drug-likeness (QED) is 0.837. The predicted molar refractivity (Wildman–Crippen MR) is 112 cm³/mol. The van der Waals surface area contributed by atoms with Crippen LogP contribution >= 0.6 is 11.3 Å². The largest absolute Gasteiger partial charge is 0.355 e. The van der Waals surface area contributed by atoms with Crippen LogP contribution in [0.1, 0.15) is 17.4 Å². The number of para-hydroxylation sites is 2. The minimum Gasteiger partial charge on any atom is -0.355 e. The number of carbonyl (C=O) groups excluding carboxylic acids is 1. The van der Waals surface area contributed by atoms with E-state index < -0.39 is 0 Å². The number of benzene rings is 1. The fourth-order valence-corrected chi connectivity index (χ4v) is 4.53. The van der Waals surface area contributed by atoms with E-state index in [2.05, 4.69) is 52.6 Å². The number of thiophene rings is 1. The molecular weight excluding hydrogens is 358 g/mol. The highest BCUT2D eigenvalue weighted by Gasteiger charge is 2.30. The SMILES string of the molecule is CC(=O)NCC1CN(C2=Nc3ccccc3Nc3sc(C)cc32)CCN1C. The summed E-state index contributed by atoms with van der Waals surface area (Å²) in [5, 5.41) is 7.67. The highest BCUT2D eigenvalue weighted by Crippen LogP contribution is 2.39. The Morgan fingerprint density at radius 3 is 3.00 bits per heavy atom. The first-order chi connectivity index (χ1) is 13.0. The monoisotopic (exact) mass is 383 g/mol. The maximum Gasteiger partial charge on any atom is 0.216 e. The minimum absolute atomic E-state index is 0.0150. The van der Waals surface area contributed by atoms with Crippen LogP contribution in [-0.4, -0.2) is 60.8 Å². The Balaban J connectivity index is 1.68. The molecule has 2 aliphatic rings. The molecule has 1 saturated heterocycles. The third-order valence-electron chi connectivity index (χ3n) is 5.14. The molecule has 0 bridgehead atoms. The van der Waals surface area contributed by atoms with Crippen molar-refractivity contribution in [2.45, 2.75) is 19.9 Å². The summed E-state index contributed by atoms with van der Waals surface area (Å²) in [4.78, 5) is 22.3. The lowest BCUT2D eigenvalue weighted by Gasteiger charge is -2.40. The molecule has 0 aliphatic carbocycles. The summed E-state index contributed by atoms with van der Waals surface area (Å²) in [7, 11) is 2.12. The van der Waals surface area contributed by atoms with Crippen molar-refractivity contribution < 1.29 is 4.79 Å². The van der Waals surface area contributed by atoms with E-state index >= 15 is 0 Å². The van der Waals surface area contributed by atoms with Crippen molar-refractivity contribution in [1.29, 1.82) is 0 Å². The van der Waals surface area contributed by atoms with Gasteiger partial charge in [0.2, 0.25) is 5.91 Å². The van der Waals surface area contributed by atoms with Gasteiger partial charge in [-0.3, -0.25) is 9.69 Å². The Bertz CT molecular complexity index is 890. The third kappa shape index (κ3) is 3.70. The van der Waals surface area contributed by atoms with Crippen molar-refractivity contribution in [2.75, 3.05) is 38.5 Å². The van der Waals surface area contributed by atoms with Gasteiger partial charge in [0.25, 0.3) is 0 Å². The van der Waals surface area contributed by atoms with Gasteiger partial charge in [-0.25, -0.2) is 4.99 Å². The summed E-state index contributed by atoms with van der Waals surface area (Å²) >= 11 is 1.76. The van der Waals surface area contributed by atoms with Gasteiger partial charge >= 0.3 is 0 Å². The number of nitrogens with one attached hydrogen (secondary N) is 2. The van der Waals surface area contributed by atoms with E-state index in [1.165, 1.54) is 4.88 Å². The Morgan fingerprint density at radius 2 is 2.19 bits per heavy atom. The Morgan fingerprint density at radius 1 is 1.37 bits per heavy atom. The zero-order valence-electron chi connectivity index (χ0n) is 16.0. The van der Waals surface area contributed by atoms with Gasteiger partial charge in [-0.1, -0.05) is 12.1 Å². The van der Waals surface area contributed by atoms with Gasteiger partial charge in [0.05, 0.1) is 16.9 Å². The zero-order chi connectivity index (χ0) is 19.0.